The van der Waals surface area contributed by atoms with E-state index in [4.69, 9.17) is 18.9 Å². The van der Waals surface area contributed by atoms with Crippen molar-refractivity contribution in [2.75, 3.05) is 19.8 Å². The first-order valence-electron chi connectivity index (χ1n) is 12.9. The van der Waals surface area contributed by atoms with Gasteiger partial charge in [-0.25, -0.2) is 9.59 Å². The van der Waals surface area contributed by atoms with E-state index in [1.54, 1.807) is 49.5 Å². The third-order valence-electron chi connectivity index (χ3n) is 5.64. The van der Waals surface area contributed by atoms with Crippen LogP contribution < -0.4 is 14.2 Å². The largest absolute Gasteiger partial charge is 0.494 e. The summed E-state index contributed by atoms with van der Waals surface area (Å²) >= 11 is 0. The lowest BCUT2D eigenvalue weighted by molar-refractivity contribution is -0.139. The Labute approximate surface area is 224 Å². The van der Waals surface area contributed by atoms with Gasteiger partial charge in [-0.15, -0.1) is 0 Å². The highest BCUT2D eigenvalue weighted by Crippen LogP contribution is 2.23. The predicted octanol–water partition coefficient (Wildman–Crippen LogP) is 6.82. The first-order chi connectivity index (χ1) is 18.5. The van der Waals surface area contributed by atoms with Crippen molar-refractivity contribution in [2.24, 2.45) is 0 Å². The highest BCUT2D eigenvalue weighted by atomic mass is 16.5. The molecule has 0 fully saturated rings. The van der Waals surface area contributed by atoms with E-state index < -0.39 is 5.97 Å². The molecule has 3 rings (SSSR count). The molecule has 38 heavy (non-hydrogen) atoms. The molecule has 0 aliphatic rings. The van der Waals surface area contributed by atoms with Gasteiger partial charge in [0.25, 0.3) is 0 Å². The number of rotatable bonds is 15. The standard InChI is InChI=1S/C31H35NO6/c1-4-35-28-18-19-29(32-22-28)24-10-16-27(17-11-24)38-31(34)25-12-14-26(15-13-25)36-20-8-6-5-7-9-21-37-30(33)23(2)3/h10-19,22H,2,4-9,20-21H2,1,3H3. The van der Waals surface area contributed by atoms with E-state index in [9.17, 15) is 9.59 Å². The molecule has 0 saturated carbocycles. The van der Waals surface area contributed by atoms with Crippen LogP contribution in [0.5, 0.6) is 17.2 Å². The molecule has 7 nitrogen and oxygen atoms in total. The first kappa shape index (κ1) is 28.4. The highest BCUT2D eigenvalue weighted by molar-refractivity contribution is 5.91. The third kappa shape index (κ3) is 9.39. The fraction of sp³-hybridized carbons (Fsp3) is 0.323. The molecular weight excluding hydrogens is 482 g/mol. The number of carbonyl (C=O) groups excluding carboxylic acids is 2. The fourth-order valence-electron chi connectivity index (χ4n) is 3.56. The van der Waals surface area contributed by atoms with Crippen LogP contribution in [-0.2, 0) is 9.53 Å². The quantitative estimate of drug-likeness (QED) is 0.0947. The van der Waals surface area contributed by atoms with Crippen molar-refractivity contribution in [3.05, 3.63) is 84.6 Å². The molecule has 0 radical (unpaired) electrons. The molecule has 0 amide bonds. The predicted molar refractivity (Wildman–Crippen MR) is 147 cm³/mol. The van der Waals surface area contributed by atoms with Gasteiger partial charge in [0, 0.05) is 11.1 Å². The minimum Gasteiger partial charge on any atom is -0.494 e. The Morgan fingerprint density at radius 3 is 2.03 bits per heavy atom. The molecule has 0 aliphatic heterocycles. The zero-order chi connectivity index (χ0) is 27.2. The molecule has 0 aliphatic carbocycles. The van der Waals surface area contributed by atoms with Crippen LogP contribution in [0.15, 0.2) is 79.0 Å². The van der Waals surface area contributed by atoms with Gasteiger partial charge in [0.15, 0.2) is 0 Å². The topological polar surface area (TPSA) is 84.0 Å². The van der Waals surface area contributed by atoms with E-state index in [1.807, 2.05) is 31.2 Å². The van der Waals surface area contributed by atoms with Crippen molar-refractivity contribution in [3.63, 3.8) is 0 Å². The Kier molecular flexibility index (Phi) is 11.4. The van der Waals surface area contributed by atoms with Crippen molar-refractivity contribution >= 4 is 11.9 Å². The number of unbranched alkanes of at least 4 members (excludes halogenated alkanes) is 4. The fourth-order valence-corrected chi connectivity index (χ4v) is 3.56. The summed E-state index contributed by atoms with van der Waals surface area (Å²) in [4.78, 5) is 28.2. The van der Waals surface area contributed by atoms with Gasteiger partial charge < -0.3 is 18.9 Å². The van der Waals surface area contributed by atoms with Gasteiger partial charge in [0.05, 0.1) is 37.3 Å². The maximum atomic E-state index is 12.5. The molecular formula is C31H35NO6. The molecule has 0 bridgehead atoms. The first-order valence-corrected chi connectivity index (χ1v) is 12.9. The van der Waals surface area contributed by atoms with E-state index >= 15 is 0 Å². The van der Waals surface area contributed by atoms with E-state index in [0.717, 1.165) is 49.1 Å². The molecule has 0 spiro atoms. The lowest BCUT2D eigenvalue weighted by atomic mass is 10.1. The molecule has 2 aromatic carbocycles. The number of pyridine rings is 1. The van der Waals surface area contributed by atoms with Crippen LogP contribution in [-0.4, -0.2) is 36.7 Å². The maximum Gasteiger partial charge on any atom is 0.343 e. The van der Waals surface area contributed by atoms with Crippen LogP contribution in [0.25, 0.3) is 11.3 Å². The zero-order valence-electron chi connectivity index (χ0n) is 22.1. The average molecular weight is 518 g/mol. The molecule has 0 saturated heterocycles. The minimum absolute atomic E-state index is 0.329. The van der Waals surface area contributed by atoms with E-state index in [1.165, 1.54) is 0 Å². The maximum absolute atomic E-state index is 12.5. The zero-order valence-corrected chi connectivity index (χ0v) is 22.1. The second kappa shape index (κ2) is 15.2. The van der Waals surface area contributed by atoms with Gasteiger partial charge in [-0.3, -0.25) is 4.98 Å². The second-order valence-electron chi connectivity index (χ2n) is 8.78. The van der Waals surface area contributed by atoms with Gasteiger partial charge in [-0.1, -0.05) is 25.8 Å². The Bertz CT molecular complexity index is 1170. The van der Waals surface area contributed by atoms with Gasteiger partial charge >= 0.3 is 11.9 Å². The van der Waals surface area contributed by atoms with Crippen LogP contribution in [0.3, 0.4) is 0 Å². The number of ether oxygens (including phenoxy) is 4. The van der Waals surface area contributed by atoms with Crippen LogP contribution in [0.2, 0.25) is 0 Å². The summed E-state index contributed by atoms with van der Waals surface area (Å²) in [6.45, 7) is 8.76. The summed E-state index contributed by atoms with van der Waals surface area (Å²) < 4.78 is 21.8. The molecule has 0 atom stereocenters. The molecule has 0 N–H and O–H groups in total. The SMILES string of the molecule is C=C(C)C(=O)OCCCCCCCOc1ccc(C(=O)Oc2ccc(-c3ccc(OCC)cn3)cc2)cc1. The number of nitrogens with zero attached hydrogens (tertiary/aromatic N) is 1. The van der Waals surface area contributed by atoms with Crippen molar-refractivity contribution in [2.45, 2.75) is 46.0 Å². The molecule has 1 aromatic heterocycles. The summed E-state index contributed by atoms with van der Waals surface area (Å²) in [5, 5.41) is 0. The van der Waals surface area contributed by atoms with E-state index in [2.05, 4.69) is 11.6 Å². The Balaban J connectivity index is 1.35. The molecule has 1 heterocycles. The number of hydrogen-bond acceptors (Lipinski definition) is 7. The van der Waals surface area contributed by atoms with Gasteiger partial charge in [0.1, 0.15) is 17.2 Å². The molecule has 3 aromatic rings. The number of aromatic nitrogens is 1. The number of carbonyl (C=O) groups is 2. The molecule has 0 unspecified atom stereocenters. The summed E-state index contributed by atoms with van der Waals surface area (Å²) in [5.74, 6) is 1.13. The van der Waals surface area contributed by atoms with Crippen LogP contribution in [0.4, 0.5) is 0 Å². The second-order valence-corrected chi connectivity index (χ2v) is 8.78. The monoisotopic (exact) mass is 517 g/mol. The summed E-state index contributed by atoms with van der Waals surface area (Å²) in [6, 6.07) is 17.9. The summed E-state index contributed by atoms with van der Waals surface area (Å²) in [7, 11) is 0. The van der Waals surface area contributed by atoms with E-state index in [0.29, 0.717) is 42.5 Å². The number of hydrogen-bond donors (Lipinski definition) is 0. The molecule has 200 valence electrons. The average Bonchev–Trinajstić information content (AvgIpc) is 2.93. The van der Waals surface area contributed by atoms with Crippen molar-refractivity contribution in [1.29, 1.82) is 0 Å². The van der Waals surface area contributed by atoms with Gasteiger partial charge in [-0.05, 0) is 87.4 Å². The van der Waals surface area contributed by atoms with Crippen LogP contribution in [0, 0.1) is 0 Å². The van der Waals surface area contributed by atoms with Crippen LogP contribution >= 0.6 is 0 Å². The summed E-state index contributed by atoms with van der Waals surface area (Å²) in [5.41, 5.74) is 2.60. The Morgan fingerprint density at radius 2 is 1.39 bits per heavy atom. The van der Waals surface area contributed by atoms with Crippen molar-refractivity contribution < 1.29 is 28.5 Å². The van der Waals surface area contributed by atoms with Crippen LogP contribution in [0.1, 0.15) is 56.3 Å². The lowest BCUT2D eigenvalue weighted by Gasteiger charge is -2.08. The summed E-state index contributed by atoms with van der Waals surface area (Å²) in [6.07, 6.45) is 6.55. The molecule has 7 heteroatoms. The Hall–Kier alpha value is -4.13. The van der Waals surface area contributed by atoms with E-state index in [-0.39, 0.29) is 5.97 Å². The normalized spacial score (nSPS) is 10.5. The van der Waals surface area contributed by atoms with Crippen molar-refractivity contribution in [1.82, 2.24) is 4.98 Å². The third-order valence-corrected chi connectivity index (χ3v) is 5.64. The number of benzene rings is 2. The smallest absolute Gasteiger partial charge is 0.343 e. The highest BCUT2D eigenvalue weighted by Gasteiger charge is 2.10. The number of esters is 2. The van der Waals surface area contributed by atoms with Crippen molar-refractivity contribution in [3.8, 4) is 28.5 Å². The van der Waals surface area contributed by atoms with Gasteiger partial charge in [-0.2, -0.15) is 0 Å². The minimum atomic E-state index is -0.433. The Morgan fingerprint density at radius 1 is 0.763 bits per heavy atom. The lowest BCUT2D eigenvalue weighted by Crippen LogP contribution is -2.08. The van der Waals surface area contributed by atoms with Gasteiger partial charge in [0.2, 0.25) is 0 Å².